The summed E-state index contributed by atoms with van der Waals surface area (Å²) in [5, 5.41) is 5.91. The average molecular weight is 423 g/mol. The zero-order valence-corrected chi connectivity index (χ0v) is 18.1. The summed E-state index contributed by atoms with van der Waals surface area (Å²) in [4.78, 5) is 35.3. The highest BCUT2D eigenvalue weighted by Gasteiger charge is 2.23. The number of aryl methyl sites for hydroxylation is 1. The predicted octanol–water partition coefficient (Wildman–Crippen LogP) is 5.06. The highest BCUT2D eigenvalue weighted by atomic mass is 16.5. The Morgan fingerprint density at radius 1 is 0.903 bits per heavy atom. The van der Waals surface area contributed by atoms with E-state index in [-0.39, 0.29) is 42.6 Å². The first-order chi connectivity index (χ1) is 14.9. The number of ketones is 2. The van der Waals surface area contributed by atoms with Gasteiger partial charge in [0.15, 0.2) is 5.78 Å². The van der Waals surface area contributed by atoms with Crippen molar-refractivity contribution >= 4 is 23.3 Å². The van der Waals surface area contributed by atoms with Crippen molar-refractivity contribution < 1.29 is 19.1 Å². The van der Waals surface area contributed by atoms with Crippen LogP contribution >= 0.6 is 0 Å². The van der Waals surface area contributed by atoms with Crippen LogP contribution in [0.4, 0.5) is 10.5 Å². The fourth-order valence-electron chi connectivity index (χ4n) is 3.66. The Bertz CT molecular complexity index is 898. The Morgan fingerprint density at radius 2 is 1.55 bits per heavy atom. The molecule has 2 amide bonds. The van der Waals surface area contributed by atoms with Crippen LogP contribution in [0.15, 0.2) is 48.5 Å². The number of rotatable bonds is 8. The quantitative estimate of drug-likeness (QED) is 0.583. The SMILES string of the molecule is CC(=O)CCC(=O)c1ccc(OC2CCC(NC(=O)Nc3ccc(C)cc3)CC2)cc1. The summed E-state index contributed by atoms with van der Waals surface area (Å²) < 4.78 is 6.05. The van der Waals surface area contributed by atoms with E-state index < -0.39 is 0 Å². The Hall–Kier alpha value is -3.15. The van der Waals surface area contributed by atoms with Crippen LogP contribution in [0, 0.1) is 6.92 Å². The lowest BCUT2D eigenvalue weighted by atomic mass is 9.93. The fourth-order valence-corrected chi connectivity index (χ4v) is 3.66. The van der Waals surface area contributed by atoms with E-state index in [1.54, 1.807) is 24.3 Å². The summed E-state index contributed by atoms with van der Waals surface area (Å²) in [6.07, 6.45) is 4.03. The van der Waals surface area contributed by atoms with Gasteiger partial charge in [-0.05, 0) is 75.9 Å². The van der Waals surface area contributed by atoms with Gasteiger partial charge in [-0.1, -0.05) is 17.7 Å². The minimum atomic E-state index is -0.182. The van der Waals surface area contributed by atoms with Gasteiger partial charge < -0.3 is 20.2 Å². The molecule has 6 heteroatoms. The summed E-state index contributed by atoms with van der Waals surface area (Å²) in [5.74, 6) is 0.722. The molecule has 0 spiro atoms. The lowest BCUT2D eigenvalue weighted by Gasteiger charge is -2.29. The molecule has 0 saturated heterocycles. The minimum absolute atomic E-state index is 0.0195. The second kappa shape index (κ2) is 10.8. The molecule has 6 nitrogen and oxygen atoms in total. The monoisotopic (exact) mass is 422 g/mol. The maximum atomic E-state index is 12.2. The molecule has 1 aliphatic carbocycles. The van der Waals surface area contributed by atoms with Crippen molar-refractivity contribution in [2.75, 3.05) is 5.32 Å². The highest BCUT2D eigenvalue weighted by Crippen LogP contribution is 2.24. The Kier molecular flexibility index (Phi) is 7.82. The second-order valence-corrected chi connectivity index (χ2v) is 8.21. The molecule has 0 bridgehead atoms. The van der Waals surface area contributed by atoms with Gasteiger partial charge in [0.05, 0.1) is 6.10 Å². The van der Waals surface area contributed by atoms with Crippen molar-refractivity contribution in [2.45, 2.75) is 64.5 Å². The third-order valence-corrected chi connectivity index (χ3v) is 5.50. The number of carbonyl (C=O) groups excluding carboxylic acids is 3. The Balaban J connectivity index is 1.40. The summed E-state index contributed by atoms with van der Waals surface area (Å²) in [5.41, 5.74) is 2.53. The molecule has 1 saturated carbocycles. The van der Waals surface area contributed by atoms with Crippen LogP contribution < -0.4 is 15.4 Å². The molecule has 31 heavy (non-hydrogen) atoms. The molecule has 0 aromatic heterocycles. The fraction of sp³-hybridized carbons (Fsp3) is 0.400. The number of nitrogens with one attached hydrogen (secondary N) is 2. The number of Topliss-reactive ketones (excluding diaryl/α,β-unsaturated/α-hetero) is 2. The van der Waals surface area contributed by atoms with Crippen LogP contribution in [0.1, 0.15) is 61.4 Å². The van der Waals surface area contributed by atoms with E-state index in [1.807, 2.05) is 31.2 Å². The third-order valence-electron chi connectivity index (χ3n) is 5.50. The van der Waals surface area contributed by atoms with Crippen LogP contribution in [-0.2, 0) is 4.79 Å². The zero-order valence-electron chi connectivity index (χ0n) is 18.1. The molecular weight excluding hydrogens is 392 g/mol. The van der Waals surface area contributed by atoms with E-state index in [0.717, 1.165) is 42.7 Å². The molecule has 1 aliphatic rings. The van der Waals surface area contributed by atoms with Crippen LogP contribution in [0.2, 0.25) is 0 Å². The summed E-state index contributed by atoms with van der Waals surface area (Å²) in [6.45, 7) is 3.50. The van der Waals surface area contributed by atoms with Gasteiger partial charge in [-0.3, -0.25) is 4.79 Å². The highest BCUT2D eigenvalue weighted by molar-refractivity contribution is 5.98. The van der Waals surface area contributed by atoms with E-state index in [4.69, 9.17) is 4.74 Å². The lowest BCUT2D eigenvalue weighted by Crippen LogP contribution is -2.41. The Morgan fingerprint density at radius 3 is 2.16 bits per heavy atom. The first-order valence-corrected chi connectivity index (χ1v) is 10.8. The zero-order chi connectivity index (χ0) is 22.2. The molecule has 2 aromatic carbocycles. The standard InChI is InChI=1S/C25H30N2O4/c1-17-3-8-20(9-4-17)26-25(30)27-21-10-14-23(15-11-21)31-22-12-6-19(7-13-22)24(29)16-5-18(2)28/h3-4,6-9,12-13,21,23H,5,10-11,14-16H2,1-2H3,(H2,26,27,30). The number of hydrogen-bond donors (Lipinski definition) is 2. The van der Waals surface area contributed by atoms with Crippen molar-refractivity contribution in [2.24, 2.45) is 0 Å². The summed E-state index contributed by atoms with van der Waals surface area (Å²) >= 11 is 0. The van der Waals surface area contributed by atoms with E-state index in [2.05, 4.69) is 10.6 Å². The average Bonchev–Trinajstić information content (AvgIpc) is 2.75. The third kappa shape index (κ3) is 7.24. The number of ether oxygens (including phenoxy) is 1. The van der Waals surface area contributed by atoms with Crippen molar-refractivity contribution in [1.29, 1.82) is 0 Å². The van der Waals surface area contributed by atoms with E-state index in [1.165, 1.54) is 6.92 Å². The molecule has 0 radical (unpaired) electrons. The molecule has 2 aromatic rings. The number of amides is 2. The van der Waals surface area contributed by atoms with Crippen molar-refractivity contribution in [3.05, 3.63) is 59.7 Å². The number of hydrogen-bond acceptors (Lipinski definition) is 4. The van der Waals surface area contributed by atoms with Crippen LogP contribution in [-0.4, -0.2) is 29.7 Å². The van der Waals surface area contributed by atoms with Crippen LogP contribution in [0.3, 0.4) is 0 Å². The van der Waals surface area contributed by atoms with Gasteiger partial charge in [0, 0.05) is 30.1 Å². The normalized spacial score (nSPS) is 18.1. The van der Waals surface area contributed by atoms with E-state index in [0.29, 0.717) is 5.56 Å². The first kappa shape index (κ1) is 22.5. The van der Waals surface area contributed by atoms with Gasteiger partial charge in [0.1, 0.15) is 11.5 Å². The van der Waals surface area contributed by atoms with Crippen molar-refractivity contribution in [3.8, 4) is 5.75 Å². The molecule has 3 rings (SSSR count). The molecule has 0 heterocycles. The first-order valence-electron chi connectivity index (χ1n) is 10.8. The smallest absolute Gasteiger partial charge is 0.319 e. The summed E-state index contributed by atoms with van der Waals surface area (Å²) in [6, 6.07) is 14.8. The van der Waals surface area contributed by atoms with Gasteiger partial charge >= 0.3 is 6.03 Å². The topological polar surface area (TPSA) is 84.5 Å². The molecule has 2 N–H and O–H groups in total. The number of benzene rings is 2. The summed E-state index contributed by atoms with van der Waals surface area (Å²) in [7, 11) is 0. The maximum Gasteiger partial charge on any atom is 0.319 e. The predicted molar refractivity (Wildman–Crippen MR) is 121 cm³/mol. The Labute approximate surface area is 183 Å². The minimum Gasteiger partial charge on any atom is -0.490 e. The molecule has 0 atom stereocenters. The lowest BCUT2D eigenvalue weighted by molar-refractivity contribution is -0.116. The van der Waals surface area contributed by atoms with Gasteiger partial charge in [-0.25, -0.2) is 4.79 Å². The largest absolute Gasteiger partial charge is 0.490 e. The maximum absolute atomic E-state index is 12.2. The van der Waals surface area contributed by atoms with Crippen LogP contribution in [0.5, 0.6) is 5.75 Å². The van der Waals surface area contributed by atoms with Crippen molar-refractivity contribution in [3.63, 3.8) is 0 Å². The molecule has 0 aliphatic heterocycles. The number of carbonyl (C=O) groups is 3. The van der Waals surface area contributed by atoms with Gasteiger partial charge in [-0.2, -0.15) is 0 Å². The van der Waals surface area contributed by atoms with Crippen LogP contribution in [0.25, 0.3) is 0 Å². The van der Waals surface area contributed by atoms with E-state index >= 15 is 0 Å². The van der Waals surface area contributed by atoms with Gasteiger partial charge in [-0.15, -0.1) is 0 Å². The molecular formula is C25H30N2O4. The second-order valence-electron chi connectivity index (χ2n) is 8.21. The number of anilines is 1. The molecule has 164 valence electrons. The van der Waals surface area contributed by atoms with Crippen molar-refractivity contribution in [1.82, 2.24) is 5.32 Å². The van der Waals surface area contributed by atoms with Gasteiger partial charge in [0.2, 0.25) is 0 Å². The molecule has 1 fully saturated rings. The number of urea groups is 1. The van der Waals surface area contributed by atoms with Gasteiger partial charge in [0.25, 0.3) is 0 Å². The van der Waals surface area contributed by atoms with E-state index in [9.17, 15) is 14.4 Å². The molecule has 0 unspecified atom stereocenters.